The number of benzene rings is 1. The highest BCUT2D eigenvalue weighted by atomic mass is 79.9. The molecule has 1 aromatic rings. The van der Waals surface area contributed by atoms with Crippen molar-refractivity contribution in [2.75, 3.05) is 0 Å². The summed E-state index contributed by atoms with van der Waals surface area (Å²) in [6.45, 7) is 3.74. The van der Waals surface area contributed by atoms with E-state index in [0.717, 1.165) is 12.1 Å². The van der Waals surface area contributed by atoms with Crippen LogP contribution in [0.2, 0.25) is 0 Å². The number of rotatable bonds is 4. The molecule has 106 valence electrons. The highest BCUT2D eigenvalue weighted by Crippen LogP contribution is 2.36. The number of hydrogen-bond donors (Lipinski definition) is 1. The Morgan fingerprint density at radius 1 is 1.37 bits per heavy atom. The lowest BCUT2D eigenvalue weighted by Gasteiger charge is -2.18. The number of halogens is 4. The molecule has 1 aromatic carbocycles. The Morgan fingerprint density at radius 3 is 2.32 bits per heavy atom. The van der Waals surface area contributed by atoms with Gasteiger partial charge in [0.15, 0.2) is 0 Å². The predicted molar refractivity (Wildman–Crippen MR) is 69.0 cm³/mol. The van der Waals surface area contributed by atoms with Crippen LogP contribution < -0.4 is 0 Å². The van der Waals surface area contributed by atoms with Gasteiger partial charge in [-0.3, -0.25) is 4.79 Å². The summed E-state index contributed by atoms with van der Waals surface area (Å²) in [7, 11) is 0. The van der Waals surface area contributed by atoms with E-state index in [4.69, 9.17) is 0 Å². The van der Waals surface area contributed by atoms with Crippen LogP contribution in [0.1, 0.15) is 37.3 Å². The van der Waals surface area contributed by atoms with Gasteiger partial charge in [0.2, 0.25) is 0 Å². The molecule has 0 saturated heterocycles. The monoisotopic (exact) mass is 338 g/mol. The van der Waals surface area contributed by atoms with Gasteiger partial charge in [-0.15, -0.1) is 0 Å². The van der Waals surface area contributed by atoms with Crippen molar-refractivity contribution in [3.8, 4) is 0 Å². The van der Waals surface area contributed by atoms with E-state index < -0.39 is 23.6 Å². The minimum atomic E-state index is -4.43. The SMILES string of the molecule is CC(C)CC(C(=O)O)c1ccc(C(F)(F)F)cc1Br. The Bertz CT molecular complexity index is 469. The second-order valence-corrected chi connectivity index (χ2v) is 5.61. The molecule has 0 aromatic heterocycles. The van der Waals surface area contributed by atoms with Crippen molar-refractivity contribution in [1.82, 2.24) is 0 Å². The Balaban J connectivity index is 3.16. The molecule has 0 saturated carbocycles. The molecule has 0 aliphatic rings. The first-order valence-corrected chi connectivity index (χ1v) is 6.51. The smallest absolute Gasteiger partial charge is 0.416 e. The number of aliphatic carboxylic acids is 1. The average Bonchev–Trinajstić information content (AvgIpc) is 2.24. The molecule has 1 rings (SSSR count). The fourth-order valence-corrected chi connectivity index (χ4v) is 2.47. The summed E-state index contributed by atoms with van der Waals surface area (Å²) in [5, 5.41) is 9.19. The Hall–Kier alpha value is -1.04. The van der Waals surface area contributed by atoms with Crippen molar-refractivity contribution < 1.29 is 23.1 Å². The molecular formula is C13H14BrF3O2. The topological polar surface area (TPSA) is 37.3 Å². The first-order chi connectivity index (χ1) is 8.62. The van der Waals surface area contributed by atoms with Crippen LogP contribution in [0.5, 0.6) is 0 Å². The van der Waals surface area contributed by atoms with Crippen LogP contribution in [-0.4, -0.2) is 11.1 Å². The molecule has 0 heterocycles. The Kier molecular flexibility index (Phi) is 5.01. The average molecular weight is 339 g/mol. The van der Waals surface area contributed by atoms with E-state index in [-0.39, 0.29) is 10.4 Å². The van der Waals surface area contributed by atoms with Crippen LogP contribution in [0.25, 0.3) is 0 Å². The normalized spacial score (nSPS) is 13.6. The Morgan fingerprint density at radius 2 is 1.95 bits per heavy atom. The Labute approximate surface area is 117 Å². The first-order valence-electron chi connectivity index (χ1n) is 5.72. The molecule has 0 amide bonds. The van der Waals surface area contributed by atoms with Gasteiger partial charge in [-0.25, -0.2) is 0 Å². The maximum atomic E-state index is 12.5. The van der Waals surface area contributed by atoms with Crippen LogP contribution in [-0.2, 0) is 11.0 Å². The van der Waals surface area contributed by atoms with Gasteiger partial charge < -0.3 is 5.11 Å². The molecular weight excluding hydrogens is 325 g/mol. The van der Waals surface area contributed by atoms with Gasteiger partial charge in [0.1, 0.15) is 0 Å². The standard InChI is InChI=1S/C13H14BrF3O2/c1-7(2)5-10(12(18)19)9-4-3-8(6-11(9)14)13(15,16)17/h3-4,6-7,10H,5H2,1-2H3,(H,18,19). The molecule has 1 N–H and O–H groups in total. The number of alkyl halides is 3. The lowest BCUT2D eigenvalue weighted by molar-refractivity contribution is -0.139. The van der Waals surface area contributed by atoms with Crippen molar-refractivity contribution in [2.45, 2.75) is 32.4 Å². The summed E-state index contributed by atoms with van der Waals surface area (Å²) >= 11 is 3.04. The zero-order chi connectivity index (χ0) is 14.8. The fourth-order valence-electron chi connectivity index (χ4n) is 1.82. The van der Waals surface area contributed by atoms with E-state index in [2.05, 4.69) is 15.9 Å². The van der Waals surface area contributed by atoms with E-state index in [9.17, 15) is 23.1 Å². The summed E-state index contributed by atoms with van der Waals surface area (Å²) in [4.78, 5) is 11.2. The molecule has 0 aliphatic carbocycles. The molecule has 0 spiro atoms. The van der Waals surface area contributed by atoms with Gasteiger partial charge in [0.05, 0.1) is 11.5 Å². The van der Waals surface area contributed by atoms with E-state index in [1.807, 2.05) is 13.8 Å². The molecule has 0 bridgehead atoms. The summed E-state index contributed by atoms with van der Waals surface area (Å²) in [5.74, 6) is -1.71. The summed E-state index contributed by atoms with van der Waals surface area (Å²) in [6, 6.07) is 3.07. The van der Waals surface area contributed by atoms with E-state index in [0.29, 0.717) is 12.0 Å². The fraction of sp³-hybridized carbons (Fsp3) is 0.462. The second kappa shape index (κ2) is 5.94. The van der Waals surface area contributed by atoms with Crippen molar-refractivity contribution >= 4 is 21.9 Å². The van der Waals surface area contributed by atoms with Crippen LogP contribution in [0.4, 0.5) is 13.2 Å². The van der Waals surface area contributed by atoms with Gasteiger partial charge in [0, 0.05) is 4.47 Å². The summed E-state index contributed by atoms with van der Waals surface area (Å²) < 4.78 is 37.8. The van der Waals surface area contributed by atoms with Crippen molar-refractivity contribution in [3.63, 3.8) is 0 Å². The minimum absolute atomic E-state index is 0.135. The number of carboxylic acids is 1. The van der Waals surface area contributed by atoms with E-state index in [1.54, 1.807) is 0 Å². The van der Waals surface area contributed by atoms with Crippen LogP contribution >= 0.6 is 15.9 Å². The van der Waals surface area contributed by atoms with Crippen LogP contribution in [0.15, 0.2) is 22.7 Å². The highest BCUT2D eigenvalue weighted by molar-refractivity contribution is 9.10. The van der Waals surface area contributed by atoms with Crippen molar-refractivity contribution in [2.24, 2.45) is 5.92 Å². The maximum Gasteiger partial charge on any atom is 0.416 e. The lowest BCUT2D eigenvalue weighted by Crippen LogP contribution is -2.15. The molecule has 1 atom stereocenters. The van der Waals surface area contributed by atoms with E-state index in [1.165, 1.54) is 6.07 Å². The number of hydrogen-bond acceptors (Lipinski definition) is 1. The molecule has 0 aliphatic heterocycles. The molecule has 1 unspecified atom stereocenters. The van der Waals surface area contributed by atoms with E-state index >= 15 is 0 Å². The third kappa shape index (κ3) is 4.23. The third-order valence-corrected chi connectivity index (χ3v) is 3.40. The third-order valence-electron chi connectivity index (χ3n) is 2.71. The quantitative estimate of drug-likeness (QED) is 0.865. The lowest BCUT2D eigenvalue weighted by atomic mass is 9.90. The molecule has 0 radical (unpaired) electrons. The largest absolute Gasteiger partial charge is 0.481 e. The second-order valence-electron chi connectivity index (χ2n) is 4.75. The van der Waals surface area contributed by atoms with Gasteiger partial charge in [-0.1, -0.05) is 35.8 Å². The predicted octanol–water partition coefficient (Wildman–Crippen LogP) is 4.68. The van der Waals surface area contributed by atoms with Gasteiger partial charge in [0.25, 0.3) is 0 Å². The van der Waals surface area contributed by atoms with Gasteiger partial charge >= 0.3 is 12.1 Å². The van der Waals surface area contributed by atoms with Crippen molar-refractivity contribution in [3.05, 3.63) is 33.8 Å². The summed E-state index contributed by atoms with van der Waals surface area (Å²) in [5.41, 5.74) is -0.425. The maximum absolute atomic E-state index is 12.5. The number of carboxylic acid groups (broad SMARTS) is 1. The van der Waals surface area contributed by atoms with Gasteiger partial charge in [-0.05, 0) is 30.0 Å². The molecule has 19 heavy (non-hydrogen) atoms. The molecule has 2 nitrogen and oxygen atoms in total. The first kappa shape index (κ1) is 16.0. The zero-order valence-corrected chi connectivity index (χ0v) is 12.0. The van der Waals surface area contributed by atoms with Gasteiger partial charge in [-0.2, -0.15) is 13.2 Å². The van der Waals surface area contributed by atoms with Crippen molar-refractivity contribution in [1.29, 1.82) is 0 Å². The zero-order valence-electron chi connectivity index (χ0n) is 10.5. The molecule has 6 heteroatoms. The highest BCUT2D eigenvalue weighted by Gasteiger charge is 2.32. The summed E-state index contributed by atoms with van der Waals surface area (Å²) in [6.07, 6.45) is -4.06. The minimum Gasteiger partial charge on any atom is -0.481 e. The number of carbonyl (C=O) groups is 1. The van der Waals surface area contributed by atoms with Crippen LogP contribution in [0, 0.1) is 5.92 Å². The molecule has 0 fully saturated rings. The van der Waals surface area contributed by atoms with Crippen LogP contribution in [0.3, 0.4) is 0 Å².